The Morgan fingerprint density at radius 1 is 1.22 bits per heavy atom. The molecule has 1 N–H and O–H groups in total. The van der Waals surface area contributed by atoms with Crippen molar-refractivity contribution in [2.75, 3.05) is 0 Å². The zero-order chi connectivity index (χ0) is 12.4. The summed E-state index contributed by atoms with van der Waals surface area (Å²) in [5.41, 5.74) is 0.866. The molecule has 2 aromatic rings. The van der Waals surface area contributed by atoms with Crippen LogP contribution in [0.25, 0.3) is 10.9 Å². The van der Waals surface area contributed by atoms with Gasteiger partial charge in [-0.3, -0.25) is 0 Å². The van der Waals surface area contributed by atoms with Crippen molar-refractivity contribution in [2.45, 2.75) is 38.1 Å². The third kappa shape index (κ3) is 2.10. The second kappa shape index (κ2) is 4.80. The van der Waals surface area contributed by atoms with Crippen LogP contribution in [0.4, 0.5) is 4.79 Å². The van der Waals surface area contributed by atoms with Gasteiger partial charge in [-0.15, -0.1) is 0 Å². The largest absolute Gasteiger partial charge is 0.342 e. The van der Waals surface area contributed by atoms with Crippen molar-refractivity contribution in [3.63, 3.8) is 0 Å². The van der Waals surface area contributed by atoms with Gasteiger partial charge in [0.05, 0.1) is 11.7 Å². The van der Waals surface area contributed by atoms with E-state index in [9.17, 15) is 4.79 Å². The Morgan fingerprint density at radius 2 is 2.00 bits per heavy atom. The van der Waals surface area contributed by atoms with Crippen LogP contribution < -0.4 is 5.32 Å². The number of nitrogens with zero attached hydrogens (tertiary/aromatic N) is 2. The molecule has 1 saturated carbocycles. The average molecular weight is 243 g/mol. The number of carbonyl (C=O) groups excluding carboxylic acids is 1. The van der Waals surface area contributed by atoms with E-state index in [0.717, 1.165) is 23.7 Å². The fraction of sp³-hybridized carbons (Fsp3) is 0.429. The lowest BCUT2D eigenvalue weighted by Crippen LogP contribution is -2.39. The monoisotopic (exact) mass is 243 g/mol. The van der Waals surface area contributed by atoms with Gasteiger partial charge >= 0.3 is 6.03 Å². The van der Waals surface area contributed by atoms with Crippen LogP contribution in [0.5, 0.6) is 0 Å². The first-order valence-electron chi connectivity index (χ1n) is 6.58. The summed E-state index contributed by atoms with van der Waals surface area (Å²) >= 11 is 0. The van der Waals surface area contributed by atoms with Crippen LogP contribution in [-0.2, 0) is 0 Å². The smallest absolute Gasteiger partial charge is 0.333 e. The molecule has 3 rings (SSSR count). The third-order valence-corrected chi connectivity index (χ3v) is 3.60. The molecule has 1 aliphatic rings. The van der Waals surface area contributed by atoms with E-state index in [1.165, 1.54) is 23.9 Å². The highest BCUT2D eigenvalue weighted by Gasteiger charge is 2.17. The van der Waals surface area contributed by atoms with Gasteiger partial charge in [0.2, 0.25) is 0 Å². The number of fused-ring (bicyclic) bond motifs is 1. The van der Waals surface area contributed by atoms with E-state index in [2.05, 4.69) is 10.4 Å². The molecular formula is C14H17N3O. The number of benzene rings is 1. The Bertz CT molecular complexity index is 555. The number of carbonyl (C=O) groups is 1. The zero-order valence-electron chi connectivity index (χ0n) is 10.3. The topological polar surface area (TPSA) is 46.9 Å². The molecule has 0 atom stereocenters. The molecule has 0 aliphatic heterocycles. The fourth-order valence-electron chi connectivity index (χ4n) is 2.62. The number of nitrogens with one attached hydrogen (secondary N) is 1. The van der Waals surface area contributed by atoms with E-state index in [0.29, 0.717) is 6.04 Å². The summed E-state index contributed by atoms with van der Waals surface area (Å²) in [6.45, 7) is 0. The van der Waals surface area contributed by atoms with E-state index >= 15 is 0 Å². The summed E-state index contributed by atoms with van der Waals surface area (Å²) in [5, 5.41) is 8.24. The Balaban J connectivity index is 1.79. The maximum absolute atomic E-state index is 12.2. The van der Waals surface area contributed by atoms with Crippen molar-refractivity contribution in [3.8, 4) is 0 Å². The molecule has 0 unspecified atom stereocenters. The van der Waals surface area contributed by atoms with Gasteiger partial charge in [-0.1, -0.05) is 37.5 Å². The molecule has 1 aromatic carbocycles. The number of rotatable bonds is 1. The maximum atomic E-state index is 12.2. The predicted octanol–water partition coefficient (Wildman–Crippen LogP) is 2.93. The zero-order valence-corrected chi connectivity index (χ0v) is 10.3. The molecule has 1 aromatic heterocycles. The minimum Gasteiger partial charge on any atom is -0.333 e. The van der Waals surface area contributed by atoms with E-state index < -0.39 is 0 Å². The van der Waals surface area contributed by atoms with Gasteiger partial charge in [-0.05, 0) is 18.9 Å². The molecule has 0 radical (unpaired) electrons. The SMILES string of the molecule is O=C(NC1CCCCC1)n1ncc2ccccc21. The molecule has 0 bridgehead atoms. The molecule has 0 spiro atoms. The first kappa shape index (κ1) is 11.3. The van der Waals surface area contributed by atoms with Crippen molar-refractivity contribution < 1.29 is 4.79 Å². The van der Waals surface area contributed by atoms with Crippen LogP contribution >= 0.6 is 0 Å². The van der Waals surface area contributed by atoms with Crippen LogP contribution in [0.15, 0.2) is 30.5 Å². The highest BCUT2D eigenvalue weighted by Crippen LogP contribution is 2.18. The van der Waals surface area contributed by atoms with Gasteiger partial charge in [0.15, 0.2) is 0 Å². The molecule has 0 saturated heterocycles. The summed E-state index contributed by atoms with van der Waals surface area (Å²) in [6.07, 6.45) is 7.62. The van der Waals surface area contributed by atoms with Gasteiger partial charge in [0, 0.05) is 11.4 Å². The Hall–Kier alpha value is -1.84. The average Bonchev–Trinajstić information content (AvgIpc) is 2.84. The van der Waals surface area contributed by atoms with Gasteiger partial charge in [0.1, 0.15) is 0 Å². The van der Waals surface area contributed by atoms with Crippen LogP contribution in [0.1, 0.15) is 32.1 Å². The summed E-state index contributed by atoms with van der Waals surface area (Å²) < 4.78 is 1.46. The third-order valence-electron chi connectivity index (χ3n) is 3.60. The van der Waals surface area contributed by atoms with Crippen LogP contribution in [0.2, 0.25) is 0 Å². The molecule has 18 heavy (non-hydrogen) atoms. The lowest BCUT2D eigenvalue weighted by Gasteiger charge is -2.22. The predicted molar refractivity (Wildman–Crippen MR) is 70.5 cm³/mol. The Labute approximate surface area is 106 Å². The number of hydrogen-bond acceptors (Lipinski definition) is 2. The van der Waals surface area contributed by atoms with E-state index in [1.807, 2.05) is 24.3 Å². The van der Waals surface area contributed by atoms with Crippen molar-refractivity contribution in [1.82, 2.24) is 15.1 Å². The van der Waals surface area contributed by atoms with Gasteiger partial charge in [0.25, 0.3) is 0 Å². The summed E-state index contributed by atoms with van der Waals surface area (Å²) in [5.74, 6) is 0. The van der Waals surface area contributed by atoms with Crippen LogP contribution in [0, 0.1) is 0 Å². The lowest BCUT2D eigenvalue weighted by molar-refractivity contribution is 0.232. The first-order valence-corrected chi connectivity index (χ1v) is 6.58. The van der Waals surface area contributed by atoms with E-state index in [1.54, 1.807) is 6.20 Å². The highest BCUT2D eigenvalue weighted by atomic mass is 16.2. The van der Waals surface area contributed by atoms with Crippen molar-refractivity contribution >= 4 is 16.9 Å². The normalized spacial score (nSPS) is 16.9. The molecular weight excluding hydrogens is 226 g/mol. The first-order chi connectivity index (χ1) is 8.84. The molecule has 1 amide bonds. The molecule has 94 valence electrons. The molecule has 1 heterocycles. The standard InChI is InChI=1S/C14H17N3O/c18-14(16-12-7-2-1-3-8-12)17-13-9-5-4-6-11(13)10-15-17/h4-6,9-10,12H,1-3,7-8H2,(H,16,18). The molecule has 4 nitrogen and oxygen atoms in total. The van der Waals surface area contributed by atoms with E-state index in [-0.39, 0.29) is 6.03 Å². The number of para-hydroxylation sites is 1. The van der Waals surface area contributed by atoms with Crippen LogP contribution in [0.3, 0.4) is 0 Å². The number of hydrogen-bond donors (Lipinski definition) is 1. The minimum atomic E-state index is -0.108. The lowest BCUT2D eigenvalue weighted by atomic mass is 9.96. The quantitative estimate of drug-likeness (QED) is 0.837. The van der Waals surface area contributed by atoms with E-state index in [4.69, 9.17) is 0 Å². The van der Waals surface area contributed by atoms with Gasteiger partial charge < -0.3 is 5.32 Å². The Morgan fingerprint density at radius 3 is 2.83 bits per heavy atom. The molecule has 1 fully saturated rings. The highest BCUT2D eigenvalue weighted by molar-refractivity contribution is 5.89. The summed E-state index contributed by atoms with van der Waals surface area (Å²) in [4.78, 5) is 12.2. The summed E-state index contributed by atoms with van der Waals surface area (Å²) in [6, 6.07) is 7.97. The number of aromatic nitrogens is 2. The fourth-order valence-corrected chi connectivity index (χ4v) is 2.62. The van der Waals surface area contributed by atoms with Crippen molar-refractivity contribution in [1.29, 1.82) is 0 Å². The molecule has 4 heteroatoms. The van der Waals surface area contributed by atoms with Gasteiger partial charge in [-0.2, -0.15) is 9.78 Å². The van der Waals surface area contributed by atoms with Crippen LogP contribution in [-0.4, -0.2) is 21.9 Å². The Kier molecular flexibility index (Phi) is 3.00. The molecule has 1 aliphatic carbocycles. The van der Waals surface area contributed by atoms with Gasteiger partial charge in [-0.25, -0.2) is 4.79 Å². The second-order valence-electron chi connectivity index (χ2n) is 4.90. The second-order valence-corrected chi connectivity index (χ2v) is 4.90. The maximum Gasteiger partial charge on any atom is 0.342 e. The van der Waals surface area contributed by atoms with Crippen molar-refractivity contribution in [3.05, 3.63) is 30.5 Å². The summed E-state index contributed by atoms with van der Waals surface area (Å²) in [7, 11) is 0. The number of amides is 1. The minimum absolute atomic E-state index is 0.108. The van der Waals surface area contributed by atoms with Crippen molar-refractivity contribution in [2.24, 2.45) is 0 Å².